The van der Waals surface area contributed by atoms with E-state index in [9.17, 15) is 13.6 Å². The topological polar surface area (TPSA) is 35.6 Å². The van der Waals surface area contributed by atoms with E-state index in [1.807, 2.05) is 24.4 Å². The lowest BCUT2D eigenvalue weighted by Crippen LogP contribution is -2.52. The number of carbonyl (C=O) groups excluding carboxylic acids is 1. The molecule has 1 aromatic heterocycles. The Morgan fingerprint density at radius 1 is 0.935 bits per heavy atom. The Labute approximate surface area is 185 Å². The number of hydrogen-bond donors (Lipinski definition) is 1. The number of hydrogen-bond acceptors (Lipinski definition) is 4. The molecular weight excluding hydrogens is 416 g/mol. The van der Waals surface area contributed by atoms with Crippen LogP contribution in [0.5, 0.6) is 0 Å². The average molecular weight is 442 g/mol. The van der Waals surface area contributed by atoms with Gasteiger partial charge in [-0.2, -0.15) is 0 Å². The third kappa shape index (κ3) is 4.78. The maximum Gasteiger partial charge on any atom is 0.254 e. The van der Waals surface area contributed by atoms with Crippen molar-refractivity contribution < 1.29 is 13.6 Å². The number of rotatable bonds is 6. The minimum atomic E-state index is -0.529. The molecule has 1 aliphatic rings. The lowest BCUT2D eigenvalue weighted by molar-refractivity contribution is 0.0886. The summed E-state index contributed by atoms with van der Waals surface area (Å²) >= 11 is 1.64. The summed E-state index contributed by atoms with van der Waals surface area (Å²) in [5, 5.41) is 5.00. The van der Waals surface area contributed by atoms with Gasteiger partial charge in [0.05, 0.1) is 17.3 Å². The van der Waals surface area contributed by atoms with Crippen LogP contribution in [0.15, 0.2) is 66.0 Å². The maximum absolute atomic E-state index is 14.2. The van der Waals surface area contributed by atoms with Crippen molar-refractivity contribution in [3.05, 3.63) is 88.1 Å². The predicted molar refractivity (Wildman–Crippen MR) is 121 cm³/mol. The summed E-state index contributed by atoms with van der Waals surface area (Å²) in [5.41, 5.74) is 0.666. The highest BCUT2D eigenvalue weighted by Gasteiger charge is 2.31. The Morgan fingerprint density at radius 2 is 1.61 bits per heavy atom. The molecule has 2 aromatic carbocycles. The molecule has 1 amide bonds. The normalized spacial score (nSPS) is 16.7. The number of carbonyl (C=O) groups is 1. The lowest BCUT2D eigenvalue weighted by Gasteiger charge is -2.42. The van der Waals surface area contributed by atoms with Crippen LogP contribution < -0.4 is 10.2 Å². The molecule has 31 heavy (non-hydrogen) atoms. The first kappa shape index (κ1) is 21.5. The van der Waals surface area contributed by atoms with Gasteiger partial charge in [-0.3, -0.25) is 9.69 Å². The maximum atomic E-state index is 14.2. The molecule has 1 fully saturated rings. The fourth-order valence-corrected chi connectivity index (χ4v) is 5.12. The summed E-state index contributed by atoms with van der Waals surface area (Å²) in [4.78, 5) is 18.2. The van der Waals surface area contributed by atoms with Crippen molar-refractivity contribution in [3.63, 3.8) is 0 Å². The summed E-state index contributed by atoms with van der Waals surface area (Å²) in [6, 6.07) is 16.6. The van der Waals surface area contributed by atoms with Crippen LogP contribution in [0.4, 0.5) is 14.5 Å². The average Bonchev–Trinajstić information content (AvgIpc) is 3.29. The van der Waals surface area contributed by atoms with E-state index in [1.165, 1.54) is 18.2 Å². The van der Waals surface area contributed by atoms with Crippen molar-refractivity contribution in [3.8, 4) is 0 Å². The molecule has 0 radical (unpaired) electrons. The first-order valence-electron chi connectivity index (χ1n) is 10.4. The van der Waals surface area contributed by atoms with E-state index in [4.69, 9.17) is 0 Å². The molecule has 1 saturated heterocycles. The predicted octanol–water partition coefficient (Wildman–Crippen LogP) is 4.71. The highest BCUT2D eigenvalue weighted by molar-refractivity contribution is 7.10. The zero-order valence-corrected chi connectivity index (χ0v) is 18.1. The quantitative estimate of drug-likeness (QED) is 0.602. The largest absolute Gasteiger partial charge is 0.367 e. The molecule has 2 atom stereocenters. The van der Waals surface area contributed by atoms with Gasteiger partial charge in [0.15, 0.2) is 0 Å². The van der Waals surface area contributed by atoms with Gasteiger partial charge in [0.1, 0.15) is 11.6 Å². The second kappa shape index (κ2) is 9.58. The fraction of sp³-hybridized carbons (Fsp3) is 0.292. The van der Waals surface area contributed by atoms with Gasteiger partial charge in [0, 0.05) is 37.1 Å². The SMILES string of the molecule is CC(NC(=O)c1ccccc1F)C(c1cccs1)N1CCN(c2ccccc2F)CC1. The summed E-state index contributed by atoms with van der Waals surface area (Å²) in [7, 11) is 0. The van der Waals surface area contributed by atoms with Crippen molar-refractivity contribution in [1.29, 1.82) is 0 Å². The Hall–Kier alpha value is -2.77. The minimum absolute atomic E-state index is 0.0431. The zero-order chi connectivity index (χ0) is 21.8. The van der Waals surface area contributed by atoms with E-state index in [0.29, 0.717) is 18.8 Å². The molecule has 1 aliphatic heterocycles. The smallest absolute Gasteiger partial charge is 0.254 e. The van der Waals surface area contributed by atoms with Crippen LogP contribution in [0, 0.1) is 11.6 Å². The molecule has 3 aromatic rings. The first-order valence-corrected chi connectivity index (χ1v) is 11.2. The molecule has 2 unspecified atom stereocenters. The molecule has 4 nitrogen and oxygen atoms in total. The van der Waals surface area contributed by atoms with Crippen molar-refractivity contribution >= 4 is 22.9 Å². The molecule has 162 valence electrons. The number of halogens is 2. The molecule has 7 heteroatoms. The van der Waals surface area contributed by atoms with Crippen molar-refractivity contribution in [2.24, 2.45) is 0 Å². The second-order valence-electron chi connectivity index (χ2n) is 7.68. The van der Waals surface area contributed by atoms with Gasteiger partial charge in [0.2, 0.25) is 0 Å². The van der Waals surface area contributed by atoms with E-state index >= 15 is 0 Å². The summed E-state index contributed by atoms with van der Waals surface area (Å²) in [5.74, 6) is -1.16. The first-order chi connectivity index (χ1) is 15.0. The number of nitrogens with zero attached hydrogens (tertiary/aromatic N) is 2. The third-order valence-electron chi connectivity index (χ3n) is 5.69. The van der Waals surface area contributed by atoms with Crippen LogP contribution >= 0.6 is 11.3 Å². The van der Waals surface area contributed by atoms with Crippen LogP contribution in [-0.2, 0) is 0 Å². The lowest BCUT2D eigenvalue weighted by atomic mass is 10.0. The second-order valence-corrected chi connectivity index (χ2v) is 8.66. The van der Waals surface area contributed by atoms with Crippen LogP contribution in [0.2, 0.25) is 0 Å². The van der Waals surface area contributed by atoms with Gasteiger partial charge >= 0.3 is 0 Å². The molecular formula is C24H25F2N3OS. The monoisotopic (exact) mass is 441 g/mol. The molecule has 0 bridgehead atoms. The van der Waals surface area contributed by atoms with Gasteiger partial charge in [-0.15, -0.1) is 11.3 Å². The van der Waals surface area contributed by atoms with Crippen molar-refractivity contribution in [2.45, 2.75) is 19.0 Å². The number of benzene rings is 2. The van der Waals surface area contributed by atoms with Crippen molar-refractivity contribution in [1.82, 2.24) is 10.2 Å². The Bertz CT molecular complexity index is 1020. The van der Waals surface area contributed by atoms with E-state index in [2.05, 4.69) is 21.2 Å². The van der Waals surface area contributed by atoms with Gasteiger partial charge in [-0.1, -0.05) is 30.3 Å². The molecule has 0 spiro atoms. The molecule has 0 aliphatic carbocycles. The number of nitrogens with one attached hydrogen (secondary N) is 1. The number of para-hydroxylation sites is 1. The minimum Gasteiger partial charge on any atom is -0.367 e. The molecule has 0 saturated carbocycles. The summed E-state index contributed by atoms with van der Waals surface area (Å²) < 4.78 is 28.2. The zero-order valence-electron chi connectivity index (χ0n) is 17.3. The molecule has 2 heterocycles. The van der Waals surface area contributed by atoms with E-state index in [-0.39, 0.29) is 23.5 Å². The van der Waals surface area contributed by atoms with Crippen molar-refractivity contribution in [2.75, 3.05) is 31.1 Å². The van der Waals surface area contributed by atoms with Gasteiger partial charge in [0.25, 0.3) is 5.91 Å². The summed E-state index contributed by atoms with van der Waals surface area (Å²) in [6.45, 7) is 4.80. The highest BCUT2D eigenvalue weighted by Crippen LogP contribution is 2.31. The standard InChI is InChI=1S/C24H25F2N3OS/c1-17(27-24(30)18-7-2-3-8-19(18)25)23(22-11-6-16-31-22)29-14-12-28(13-15-29)21-10-5-4-9-20(21)26/h2-11,16-17,23H,12-15H2,1H3,(H,27,30). The molecule has 4 rings (SSSR count). The number of piperazine rings is 1. The van der Waals surface area contributed by atoms with E-state index in [0.717, 1.165) is 18.0 Å². The third-order valence-corrected chi connectivity index (χ3v) is 6.63. The summed E-state index contributed by atoms with van der Waals surface area (Å²) in [6.07, 6.45) is 0. The number of thiophene rings is 1. The Kier molecular flexibility index (Phi) is 6.63. The molecule has 1 N–H and O–H groups in total. The van der Waals surface area contributed by atoms with E-state index in [1.54, 1.807) is 35.6 Å². The Balaban J connectivity index is 1.48. The van der Waals surface area contributed by atoms with Crippen LogP contribution in [0.3, 0.4) is 0 Å². The number of amides is 1. The van der Waals surface area contributed by atoms with Gasteiger partial charge in [-0.25, -0.2) is 8.78 Å². The van der Waals surface area contributed by atoms with Crippen LogP contribution in [0.1, 0.15) is 28.2 Å². The van der Waals surface area contributed by atoms with E-state index < -0.39 is 11.7 Å². The van der Waals surface area contributed by atoms with Crippen LogP contribution in [-0.4, -0.2) is 43.0 Å². The Morgan fingerprint density at radius 3 is 2.26 bits per heavy atom. The number of anilines is 1. The highest BCUT2D eigenvalue weighted by atomic mass is 32.1. The fourth-order valence-electron chi connectivity index (χ4n) is 4.16. The van der Waals surface area contributed by atoms with Gasteiger partial charge in [-0.05, 0) is 42.6 Å². The van der Waals surface area contributed by atoms with Gasteiger partial charge < -0.3 is 10.2 Å². The van der Waals surface area contributed by atoms with Crippen LogP contribution in [0.25, 0.3) is 0 Å².